The lowest BCUT2D eigenvalue weighted by molar-refractivity contribution is 0.665. The molecule has 0 atom stereocenters. The van der Waals surface area contributed by atoms with E-state index in [2.05, 4.69) is 39.0 Å². The van der Waals surface area contributed by atoms with E-state index in [1.807, 2.05) is 0 Å². The molecule has 0 spiro atoms. The van der Waals surface area contributed by atoms with Crippen molar-refractivity contribution in [3.8, 4) is 0 Å². The fraction of sp³-hybridized carbons (Fsp3) is 0.571. The lowest BCUT2D eigenvalue weighted by Gasteiger charge is -2.06. The van der Waals surface area contributed by atoms with Crippen molar-refractivity contribution in [3.63, 3.8) is 0 Å². The Hall–Kier alpha value is -0.780. The summed E-state index contributed by atoms with van der Waals surface area (Å²) in [5.74, 6) is 0. The summed E-state index contributed by atoms with van der Waals surface area (Å²) < 4.78 is 0. The maximum Gasteiger partial charge on any atom is -0.0276 e. The van der Waals surface area contributed by atoms with Gasteiger partial charge < -0.3 is 0 Å². The summed E-state index contributed by atoms with van der Waals surface area (Å²) in [6, 6.07) is 6.80. The summed E-state index contributed by atoms with van der Waals surface area (Å²) in [5, 5.41) is 0. The van der Waals surface area contributed by atoms with Crippen LogP contribution in [0.3, 0.4) is 0 Å². The van der Waals surface area contributed by atoms with Gasteiger partial charge in [-0.05, 0) is 37.8 Å². The molecule has 0 fully saturated rings. The number of benzene rings is 1. The average Bonchev–Trinajstić information content (AvgIpc) is 2.15. The van der Waals surface area contributed by atoms with Gasteiger partial charge in [-0.2, -0.15) is 0 Å². The standard InChI is InChI=1S/C14H22/c1-4-5-6-7-8-14-10-9-12(2)11-13(14)3/h9-11H,4-8H2,1-3H3. The Bertz CT molecular complexity index is 273. The Morgan fingerprint density at radius 2 is 1.79 bits per heavy atom. The third kappa shape index (κ3) is 3.53. The van der Waals surface area contributed by atoms with Gasteiger partial charge in [0.05, 0.1) is 0 Å². The molecular formula is C14H22. The van der Waals surface area contributed by atoms with Crippen LogP contribution in [0.4, 0.5) is 0 Å². The topological polar surface area (TPSA) is 0 Å². The monoisotopic (exact) mass is 190 g/mol. The second-order valence-corrected chi connectivity index (χ2v) is 4.24. The second-order valence-electron chi connectivity index (χ2n) is 4.24. The third-order valence-corrected chi connectivity index (χ3v) is 2.80. The van der Waals surface area contributed by atoms with Gasteiger partial charge in [-0.3, -0.25) is 0 Å². The van der Waals surface area contributed by atoms with Crippen LogP contribution in [0.1, 0.15) is 49.3 Å². The van der Waals surface area contributed by atoms with Crippen LogP contribution in [-0.4, -0.2) is 0 Å². The molecule has 0 radical (unpaired) electrons. The Balaban J connectivity index is 2.42. The van der Waals surface area contributed by atoms with E-state index < -0.39 is 0 Å². The van der Waals surface area contributed by atoms with Gasteiger partial charge in [-0.1, -0.05) is 49.9 Å². The first-order chi connectivity index (χ1) is 6.74. The predicted molar refractivity (Wildman–Crippen MR) is 63.8 cm³/mol. The molecule has 0 heterocycles. The summed E-state index contributed by atoms with van der Waals surface area (Å²) >= 11 is 0. The van der Waals surface area contributed by atoms with Crippen molar-refractivity contribution >= 4 is 0 Å². The Morgan fingerprint density at radius 3 is 2.43 bits per heavy atom. The Morgan fingerprint density at radius 1 is 1.00 bits per heavy atom. The van der Waals surface area contributed by atoms with E-state index in [4.69, 9.17) is 0 Å². The highest BCUT2D eigenvalue weighted by Gasteiger charge is 1.97. The minimum atomic E-state index is 1.26. The number of rotatable bonds is 5. The summed E-state index contributed by atoms with van der Waals surface area (Å²) in [5.41, 5.74) is 4.37. The molecule has 0 heteroatoms. The van der Waals surface area contributed by atoms with Crippen molar-refractivity contribution < 1.29 is 0 Å². The van der Waals surface area contributed by atoms with Crippen LogP contribution >= 0.6 is 0 Å². The first-order valence-corrected chi connectivity index (χ1v) is 5.80. The molecule has 0 aliphatic rings. The SMILES string of the molecule is CCCCCCc1ccc(C)cc1C. The van der Waals surface area contributed by atoms with Gasteiger partial charge in [-0.25, -0.2) is 0 Å². The molecule has 0 saturated heterocycles. The molecule has 0 nitrogen and oxygen atoms in total. The van der Waals surface area contributed by atoms with Gasteiger partial charge in [0, 0.05) is 0 Å². The van der Waals surface area contributed by atoms with E-state index in [9.17, 15) is 0 Å². The van der Waals surface area contributed by atoms with E-state index in [1.54, 1.807) is 0 Å². The maximum absolute atomic E-state index is 2.29. The van der Waals surface area contributed by atoms with Gasteiger partial charge in [0.2, 0.25) is 0 Å². The minimum Gasteiger partial charge on any atom is -0.0654 e. The van der Waals surface area contributed by atoms with Crippen LogP contribution in [-0.2, 0) is 6.42 Å². The molecule has 0 N–H and O–H groups in total. The van der Waals surface area contributed by atoms with E-state index in [0.29, 0.717) is 0 Å². The van der Waals surface area contributed by atoms with Crippen LogP contribution in [0.5, 0.6) is 0 Å². The number of hydrogen-bond acceptors (Lipinski definition) is 0. The average molecular weight is 190 g/mol. The van der Waals surface area contributed by atoms with Crippen LogP contribution in [0, 0.1) is 13.8 Å². The van der Waals surface area contributed by atoms with E-state index in [-0.39, 0.29) is 0 Å². The normalized spacial score (nSPS) is 10.5. The molecule has 14 heavy (non-hydrogen) atoms. The van der Waals surface area contributed by atoms with Gasteiger partial charge in [-0.15, -0.1) is 0 Å². The van der Waals surface area contributed by atoms with Crippen LogP contribution in [0.25, 0.3) is 0 Å². The quantitative estimate of drug-likeness (QED) is 0.603. The number of unbranched alkanes of at least 4 members (excludes halogenated alkanes) is 3. The molecule has 0 unspecified atom stereocenters. The van der Waals surface area contributed by atoms with Crippen molar-refractivity contribution in [3.05, 3.63) is 34.9 Å². The largest absolute Gasteiger partial charge is 0.0654 e. The molecule has 0 amide bonds. The molecule has 1 aromatic rings. The highest BCUT2D eigenvalue weighted by Crippen LogP contribution is 2.14. The zero-order valence-corrected chi connectivity index (χ0v) is 9.77. The third-order valence-electron chi connectivity index (χ3n) is 2.80. The van der Waals surface area contributed by atoms with Gasteiger partial charge in [0.1, 0.15) is 0 Å². The first-order valence-electron chi connectivity index (χ1n) is 5.80. The molecule has 1 rings (SSSR count). The zero-order chi connectivity index (χ0) is 10.4. The lowest BCUT2D eigenvalue weighted by Crippen LogP contribution is -1.90. The molecule has 0 saturated carbocycles. The fourth-order valence-electron chi connectivity index (χ4n) is 1.87. The molecule has 78 valence electrons. The highest BCUT2D eigenvalue weighted by atomic mass is 14.0. The predicted octanol–water partition coefficient (Wildman–Crippen LogP) is 4.43. The smallest absolute Gasteiger partial charge is 0.0276 e. The number of aryl methyl sites for hydroxylation is 3. The first kappa shape index (κ1) is 11.3. The van der Waals surface area contributed by atoms with Gasteiger partial charge in [0.15, 0.2) is 0 Å². The molecule has 0 aromatic heterocycles. The van der Waals surface area contributed by atoms with Crippen molar-refractivity contribution in [2.24, 2.45) is 0 Å². The molecule has 0 aliphatic heterocycles. The fourth-order valence-corrected chi connectivity index (χ4v) is 1.87. The van der Waals surface area contributed by atoms with Crippen molar-refractivity contribution in [1.29, 1.82) is 0 Å². The summed E-state index contributed by atoms with van der Waals surface area (Å²) in [7, 11) is 0. The Kier molecular flexibility index (Phi) is 4.72. The summed E-state index contributed by atoms with van der Waals surface area (Å²) in [6.45, 7) is 6.65. The van der Waals surface area contributed by atoms with Crippen LogP contribution in [0.15, 0.2) is 18.2 Å². The summed E-state index contributed by atoms with van der Waals surface area (Å²) in [6.07, 6.45) is 6.69. The maximum atomic E-state index is 2.29. The molecule has 1 aromatic carbocycles. The zero-order valence-electron chi connectivity index (χ0n) is 9.77. The molecular weight excluding hydrogens is 168 g/mol. The lowest BCUT2D eigenvalue weighted by atomic mass is 10.00. The number of hydrogen-bond donors (Lipinski definition) is 0. The van der Waals surface area contributed by atoms with E-state index in [0.717, 1.165) is 0 Å². The summed E-state index contributed by atoms with van der Waals surface area (Å²) in [4.78, 5) is 0. The van der Waals surface area contributed by atoms with Crippen molar-refractivity contribution in [2.45, 2.75) is 52.9 Å². The molecule has 0 aliphatic carbocycles. The van der Waals surface area contributed by atoms with E-state index >= 15 is 0 Å². The minimum absolute atomic E-state index is 1.26. The van der Waals surface area contributed by atoms with Crippen LogP contribution in [0.2, 0.25) is 0 Å². The van der Waals surface area contributed by atoms with Crippen molar-refractivity contribution in [2.75, 3.05) is 0 Å². The Labute approximate surface area is 88.4 Å². The van der Waals surface area contributed by atoms with Crippen LogP contribution < -0.4 is 0 Å². The van der Waals surface area contributed by atoms with Gasteiger partial charge in [0.25, 0.3) is 0 Å². The van der Waals surface area contributed by atoms with E-state index in [1.165, 1.54) is 48.8 Å². The van der Waals surface area contributed by atoms with Crippen molar-refractivity contribution in [1.82, 2.24) is 0 Å². The van der Waals surface area contributed by atoms with Gasteiger partial charge >= 0.3 is 0 Å². The molecule has 0 bridgehead atoms. The second kappa shape index (κ2) is 5.85. The highest BCUT2D eigenvalue weighted by molar-refractivity contribution is 5.30.